The van der Waals surface area contributed by atoms with Crippen LogP contribution in [0.3, 0.4) is 0 Å². The van der Waals surface area contributed by atoms with Gasteiger partial charge in [0.2, 0.25) is 10.0 Å². The predicted octanol–water partition coefficient (Wildman–Crippen LogP) is 3.64. The molecule has 0 heterocycles. The molecule has 9 heteroatoms. The molecule has 0 bridgehead atoms. The minimum Gasteiger partial charge on any atom is -0.496 e. The van der Waals surface area contributed by atoms with Crippen LogP contribution in [0.4, 0.5) is 5.69 Å². The average molecular weight is 427 g/mol. The van der Waals surface area contributed by atoms with E-state index in [2.05, 4.69) is 5.32 Å². The van der Waals surface area contributed by atoms with Gasteiger partial charge in [-0.15, -0.1) is 0 Å². The van der Waals surface area contributed by atoms with Crippen LogP contribution >= 0.6 is 11.6 Å². The van der Waals surface area contributed by atoms with Crippen LogP contribution in [0, 0.1) is 0 Å². The third-order valence-electron chi connectivity index (χ3n) is 4.17. The molecule has 0 fully saturated rings. The van der Waals surface area contributed by atoms with Crippen LogP contribution in [0.1, 0.15) is 24.2 Å². The number of nitrogens with one attached hydrogen (secondary N) is 1. The lowest BCUT2D eigenvalue weighted by molar-refractivity contribution is 0.102. The van der Waals surface area contributed by atoms with Gasteiger partial charge in [0.05, 0.1) is 30.4 Å². The smallest absolute Gasteiger partial charge is 0.259 e. The van der Waals surface area contributed by atoms with E-state index in [9.17, 15) is 13.2 Å². The molecule has 2 rings (SSSR count). The Morgan fingerprint density at radius 1 is 1.04 bits per heavy atom. The number of anilines is 1. The zero-order valence-electron chi connectivity index (χ0n) is 16.2. The quantitative estimate of drug-likeness (QED) is 0.696. The summed E-state index contributed by atoms with van der Waals surface area (Å²) >= 11 is 5.99. The Balaban J connectivity index is 2.45. The maximum absolute atomic E-state index is 12.8. The normalized spacial score (nSPS) is 11.4. The van der Waals surface area contributed by atoms with Crippen molar-refractivity contribution in [3.8, 4) is 11.5 Å². The first-order chi connectivity index (χ1) is 13.3. The molecule has 1 N–H and O–H groups in total. The number of benzene rings is 2. The number of methoxy groups -OCH3 is 2. The SMILES string of the molecule is CCN(CC)S(=O)(=O)c1ccc(OC)c(NC(=O)c2cc(Cl)ccc2OC)c1. The molecule has 0 saturated carbocycles. The van der Waals surface area contributed by atoms with E-state index in [0.29, 0.717) is 29.6 Å². The number of carbonyl (C=O) groups is 1. The largest absolute Gasteiger partial charge is 0.496 e. The first-order valence-electron chi connectivity index (χ1n) is 8.61. The van der Waals surface area contributed by atoms with Crippen LogP contribution in [0.25, 0.3) is 0 Å². The van der Waals surface area contributed by atoms with Crippen molar-refractivity contribution in [2.75, 3.05) is 32.6 Å². The molecule has 0 aromatic heterocycles. The van der Waals surface area contributed by atoms with Gasteiger partial charge in [-0.1, -0.05) is 25.4 Å². The third kappa shape index (κ3) is 4.57. The summed E-state index contributed by atoms with van der Waals surface area (Å²) < 4.78 is 37.4. The maximum atomic E-state index is 12.8. The van der Waals surface area contributed by atoms with Crippen molar-refractivity contribution in [1.29, 1.82) is 0 Å². The number of nitrogens with zero attached hydrogens (tertiary/aromatic N) is 1. The molecule has 2 aromatic rings. The van der Waals surface area contributed by atoms with Crippen molar-refractivity contribution >= 4 is 33.2 Å². The second-order valence-electron chi connectivity index (χ2n) is 5.75. The van der Waals surface area contributed by atoms with Crippen LogP contribution in [0.2, 0.25) is 5.02 Å². The highest BCUT2D eigenvalue weighted by Gasteiger charge is 2.24. The van der Waals surface area contributed by atoms with Gasteiger partial charge < -0.3 is 14.8 Å². The summed E-state index contributed by atoms with van der Waals surface area (Å²) in [6, 6.07) is 8.98. The second-order valence-corrected chi connectivity index (χ2v) is 8.12. The van der Waals surface area contributed by atoms with E-state index in [1.165, 1.54) is 42.8 Å². The zero-order chi connectivity index (χ0) is 20.9. The molecule has 0 spiro atoms. The molecule has 28 heavy (non-hydrogen) atoms. The molecule has 1 amide bonds. The van der Waals surface area contributed by atoms with E-state index in [0.717, 1.165) is 0 Å². The fraction of sp³-hybridized carbons (Fsp3) is 0.316. The van der Waals surface area contributed by atoms with Gasteiger partial charge in [0.15, 0.2) is 0 Å². The highest BCUT2D eigenvalue weighted by atomic mass is 35.5. The van der Waals surface area contributed by atoms with E-state index < -0.39 is 15.9 Å². The molecule has 0 atom stereocenters. The Morgan fingerprint density at radius 2 is 1.64 bits per heavy atom. The summed E-state index contributed by atoms with van der Waals surface area (Å²) in [5.74, 6) is 0.163. The third-order valence-corrected chi connectivity index (χ3v) is 6.45. The van der Waals surface area contributed by atoms with Gasteiger partial charge in [0.25, 0.3) is 5.91 Å². The van der Waals surface area contributed by atoms with E-state index in [-0.39, 0.29) is 16.1 Å². The van der Waals surface area contributed by atoms with Crippen molar-refractivity contribution in [3.63, 3.8) is 0 Å². The van der Waals surface area contributed by atoms with Gasteiger partial charge in [-0.3, -0.25) is 4.79 Å². The van der Waals surface area contributed by atoms with Gasteiger partial charge in [0.1, 0.15) is 11.5 Å². The number of amides is 1. The Morgan fingerprint density at radius 3 is 2.21 bits per heavy atom. The van der Waals surface area contributed by atoms with Crippen molar-refractivity contribution in [2.45, 2.75) is 18.7 Å². The molecule has 0 aliphatic heterocycles. The number of carbonyl (C=O) groups excluding carboxylic acids is 1. The fourth-order valence-electron chi connectivity index (χ4n) is 2.71. The Hall–Kier alpha value is -2.29. The van der Waals surface area contributed by atoms with Crippen molar-refractivity contribution in [1.82, 2.24) is 4.31 Å². The molecule has 152 valence electrons. The van der Waals surface area contributed by atoms with Gasteiger partial charge >= 0.3 is 0 Å². The number of hydrogen-bond donors (Lipinski definition) is 1. The summed E-state index contributed by atoms with van der Waals surface area (Å²) in [6.07, 6.45) is 0. The van der Waals surface area contributed by atoms with Gasteiger partial charge in [-0.05, 0) is 36.4 Å². The molecule has 2 aromatic carbocycles. The first kappa shape index (κ1) is 22.0. The maximum Gasteiger partial charge on any atom is 0.259 e. The van der Waals surface area contributed by atoms with Crippen molar-refractivity contribution < 1.29 is 22.7 Å². The van der Waals surface area contributed by atoms with E-state index >= 15 is 0 Å². The number of rotatable bonds is 8. The molecule has 7 nitrogen and oxygen atoms in total. The highest BCUT2D eigenvalue weighted by molar-refractivity contribution is 7.89. The molecule has 0 aliphatic rings. The Kier molecular flexibility index (Phi) is 7.29. The zero-order valence-corrected chi connectivity index (χ0v) is 17.7. The first-order valence-corrected chi connectivity index (χ1v) is 10.4. The summed E-state index contributed by atoms with van der Waals surface area (Å²) in [5, 5.41) is 3.05. The van der Waals surface area contributed by atoms with Crippen LogP contribution < -0.4 is 14.8 Å². The number of hydrogen-bond acceptors (Lipinski definition) is 5. The topological polar surface area (TPSA) is 84.9 Å². The Labute approximate surface area is 170 Å². The number of halogens is 1. The number of ether oxygens (including phenoxy) is 2. The lowest BCUT2D eigenvalue weighted by Crippen LogP contribution is -2.30. The minimum atomic E-state index is -3.69. The monoisotopic (exact) mass is 426 g/mol. The average Bonchev–Trinajstić information content (AvgIpc) is 2.68. The van der Waals surface area contributed by atoms with Gasteiger partial charge in [-0.25, -0.2) is 8.42 Å². The molecule has 0 saturated heterocycles. The summed E-state index contributed by atoms with van der Waals surface area (Å²) in [5.41, 5.74) is 0.441. The van der Waals surface area contributed by atoms with Crippen LogP contribution in [-0.2, 0) is 10.0 Å². The lowest BCUT2D eigenvalue weighted by Gasteiger charge is -2.20. The molecular weight excluding hydrogens is 404 g/mol. The van der Waals surface area contributed by atoms with Crippen molar-refractivity contribution in [2.24, 2.45) is 0 Å². The Bertz CT molecular complexity index is 959. The van der Waals surface area contributed by atoms with Gasteiger partial charge in [0, 0.05) is 18.1 Å². The summed E-state index contributed by atoms with van der Waals surface area (Å²) in [4.78, 5) is 12.8. The second kappa shape index (κ2) is 9.27. The van der Waals surface area contributed by atoms with E-state index in [4.69, 9.17) is 21.1 Å². The lowest BCUT2D eigenvalue weighted by atomic mass is 10.1. The van der Waals surface area contributed by atoms with Crippen molar-refractivity contribution in [3.05, 3.63) is 47.0 Å². The fourth-order valence-corrected chi connectivity index (χ4v) is 4.36. The highest BCUT2D eigenvalue weighted by Crippen LogP contribution is 2.31. The standard InChI is InChI=1S/C19H23ClN2O5S/c1-5-22(6-2)28(24,25)14-8-10-18(27-4)16(12-14)21-19(23)15-11-13(20)7-9-17(15)26-3/h7-12H,5-6H2,1-4H3,(H,21,23). The number of sulfonamides is 1. The molecule has 0 aliphatic carbocycles. The molecular formula is C19H23ClN2O5S. The van der Waals surface area contributed by atoms with E-state index in [1.807, 2.05) is 0 Å². The van der Waals surface area contributed by atoms with Crippen LogP contribution in [0.5, 0.6) is 11.5 Å². The summed E-state index contributed by atoms with van der Waals surface area (Å²) in [6.45, 7) is 4.20. The van der Waals surface area contributed by atoms with Crippen LogP contribution in [-0.4, -0.2) is 45.9 Å². The van der Waals surface area contributed by atoms with E-state index in [1.54, 1.807) is 26.0 Å². The van der Waals surface area contributed by atoms with Crippen LogP contribution in [0.15, 0.2) is 41.3 Å². The molecule has 0 radical (unpaired) electrons. The molecule has 0 unspecified atom stereocenters. The minimum absolute atomic E-state index is 0.0605. The van der Waals surface area contributed by atoms with Gasteiger partial charge in [-0.2, -0.15) is 4.31 Å². The summed E-state index contributed by atoms with van der Waals surface area (Å²) in [7, 11) is -0.812. The predicted molar refractivity (Wildman–Crippen MR) is 109 cm³/mol.